The molecule has 0 aliphatic carbocycles. The molecule has 2 aromatic carbocycles. The molecule has 0 unspecified atom stereocenters. The summed E-state index contributed by atoms with van der Waals surface area (Å²) in [6.07, 6.45) is 4.61. The lowest BCUT2D eigenvalue weighted by atomic mass is 10.2. The number of hydrogen-bond acceptors (Lipinski definition) is 3. The number of halogens is 1. The number of nitrogens with one attached hydrogen (secondary N) is 1. The van der Waals surface area contributed by atoms with Gasteiger partial charge in [0.1, 0.15) is 0 Å². The molecule has 134 valence electrons. The first-order chi connectivity index (χ1) is 12.6. The molecule has 1 aromatic heterocycles. The molecule has 0 radical (unpaired) electrons. The number of carbonyl (C=O) groups is 1. The third-order valence-corrected chi connectivity index (χ3v) is 5.56. The summed E-state index contributed by atoms with van der Waals surface area (Å²) in [4.78, 5) is 13.2. The van der Waals surface area contributed by atoms with Crippen molar-refractivity contribution in [3.63, 3.8) is 0 Å². The summed E-state index contributed by atoms with van der Waals surface area (Å²) in [6, 6.07) is 16.1. The van der Waals surface area contributed by atoms with E-state index in [9.17, 15) is 4.79 Å². The second-order valence-electron chi connectivity index (χ2n) is 5.93. The van der Waals surface area contributed by atoms with Gasteiger partial charge in [0, 0.05) is 22.1 Å². The third kappa shape index (κ3) is 5.22. The van der Waals surface area contributed by atoms with Crippen LogP contribution in [-0.2, 0) is 11.2 Å². The molecule has 0 atom stereocenters. The smallest absolute Gasteiger partial charge is 0.230 e. The van der Waals surface area contributed by atoms with Gasteiger partial charge in [-0.15, -0.1) is 11.8 Å². The van der Waals surface area contributed by atoms with Crippen molar-refractivity contribution in [1.29, 1.82) is 0 Å². The highest BCUT2D eigenvalue weighted by Crippen LogP contribution is 2.25. The number of nitrogens with zero attached hydrogens (tertiary/aromatic N) is 2. The third-order valence-electron chi connectivity index (χ3n) is 3.89. The van der Waals surface area contributed by atoms with Crippen LogP contribution >= 0.6 is 27.7 Å². The Bertz CT molecular complexity index is 880. The van der Waals surface area contributed by atoms with E-state index in [4.69, 9.17) is 0 Å². The zero-order valence-corrected chi connectivity index (χ0v) is 16.9. The fourth-order valence-corrected chi connectivity index (χ4v) is 3.84. The molecule has 26 heavy (non-hydrogen) atoms. The number of aromatic nitrogens is 2. The standard InChI is InChI=1S/C20H20BrN3OS/c1-15-11-17(21)7-8-19(15)26-14-20(25)22-10-9-16-12-23-24(13-16)18-5-3-2-4-6-18/h2-8,11-13H,9-10,14H2,1H3,(H,22,25). The molecule has 1 heterocycles. The maximum Gasteiger partial charge on any atom is 0.230 e. The predicted molar refractivity (Wildman–Crippen MR) is 110 cm³/mol. The Morgan fingerprint density at radius 3 is 2.81 bits per heavy atom. The molecule has 0 fully saturated rings. The minimum absolute atomic E-state index is 0.0489. The number of carbonyl (C=O) groups excluding carboxylic acids is 1. The van der Waals surface area contributed by atoms with Gasteiger partial charge in [-0.25, -0.2) is 4.68 Å². The lowest BCUT2D eigenvalue weighted by molar-refractivity contribution is -0.118. The fraction of sp³-hybridized carbons (Fsp3) is 0.200. The number of rotatable bonds is 7. The first-order valence-electron chi connectivity index (χ1n) is 8.36. The van der Waals surface area contributed by atoms with Crippen molar-refractivity contribution in [2.45, 2.75) is 18.2 Å². The first-order valence-corrected chi connectivity index (χ1v) is 10.1. The van der Waals surface area contributed by atoms with E-state index in [1.54, 1.807) is 11.8 Å². The summed E-state index contributed by atoms with van der Waals surface area (Å²) in [5.74, 6) is 0.471. The van der Waals surface area contributed by atoms with Crippen LogP contribution in [0.5, 0.6) is 0 Å². The minimum atomic E-state index is 0.0489. The van der Waals surface area contributed by atoms with Crippen molar-refractivity contribution in [2.75, 3.05) is 12.3 Å². The van der Waals surface area contributed by atoms with Crippen LogP contribution in [0, 0.1) is 6.92 Å². The van der Waals surface area contributed by atoms with Crippen LogP contribution < -0.4 is 5.32 Å². The van der Waals surface area contributed by atoms with Gasteiger partial charge in [0.15, 0.2) is 0 Å². The van der Waals surface area contributed by atoms with Crippen molar-refractivity contribution in [2.24, 2.45) is 0 Å². The van der Waals surface area contributed by atoms with Crippen molar-refractivity contribution in [3.05, 3.63) is 76.5 Å². The van der Waals surface area contributed by atoms with E-state index in [-0.39, 0.29) is 5.91 Å². The Morgan fingerprint density at radius 2 is 2.04 bits per heavy atom. The van der Waals surface area contributed by atoms with Gasteiger partial charge in [-0.2, -0.15) is 5.10 Å². The van der Waals surface area contributed by atoms with E-state index < -0.39 is 0 Å². The van der Waals surface area contributed by atoms with Crippen molar-refractivity contribution >= 4 is 33.6 Å². The van der Waals surface area contributed by atoms with Gasteiger partial charge in [-0.1, -0.05) is 34.1 Å². The van der Waals surface area contributed by atoms with Crippen LogP contribution in [0.25, 0.3) is 5.69 Å². The van der Waals surface area contributed by atoms with Crippen LogP contribution in [0.2, 0.25) is 0 Å². The molecule has 0 aliphatic rings. The van der Waals surface area contributed by atoms with E-state index in [0.717, 1.165) is 27.0 Å². The van der Waals surface area contributed by atoms with E-state index >= 15 is 0 Å². The lowest BCUT2D eigenvalue weighted by Gasteiger charge is -2.07. The highest BCUT2D eigenvalue weighted by molar-refractivity contribution is 9.10. The Kier molecular flexibility index (Phi) is 6.52. The van der Waals surface area contributed by atoms with Crippen LogP contribution in [0.4, 0.5) is 0 Å². The Labute approximate surface area is 166 Å². The average molecular weight is 430 g/mol. The van der Waals surface area contributed by atoms with Crippen LogP contribution in [0.15, 0.2) is 70.3 Å². The number of hydrogen-bond donors (Lipinski definition) is 1. The van der Waals surface area contributed by atoms with Crippen LogP contribution in [-0.4, -0.2) is 28.0 Å². The van der Waals surface area contributed by atoms with Gasteiger partial charge in [0.25, 0.3) is 0 Å². The summed E-state index contributed by atoms with van der Waals surface area (Å²) < 4.78 is 2.91. The van der Waals surface area contributed by atoms with Crippen molar-refractivity contribution < 1.29 is 4.79 Å². The molecule has 0 saturated carbocycles. The summed E-state index contributed by atoms with van der Waals surface area (Å²) in [5, 5.41) is 7.35. The summed E-state index contributed by atoms with van der Waals surface area (Å²) in [5.41, 5.74) is 3.31. The molecule has 6 heteroatoms. The predicted octanol–water partition coefficient (Wildman–Crippen LogP) is 4.39. The van der Waals surface area contributed by atoms with E-state index in [1.807, 2.05) is 59.5 Å². The number of para-hydroxylation sites is 1. The zero-order chi connectivity index (χ0) is 18.4. The fourth-order valence-electron chi connectivity index (χ4n) is 2.53. The minimum Gasteiger partial charge on any atom is -0.355 e. The highest BCUT2D eigenvalue weighted by Gasteiger charge is 2.06. The molecule has 0 saturated heterocycles. The number of aryl methyl sites for hydroxylation is 1. The quantitative estimate of drug-likeness (QED) is 0.566. The first kappa shape index (κ1) is 18.7. The van der Waals surface area contributed by atoms with Gasteiger partial charge >= 0.3 is 0 Å². The van der Waals surface area contributed by atoms with Gasteiger partial charge in [0.2, 0.25) is 5.91 Å². The monoisotopic (exact) mass is 429 g/mol. The second kappa shape index (κ2) is 9.05. The highest BCUT2D eigenvalue weighted by atomic mass is 79.9. The molecule has 3 rings (SSSR count). The van der Waals surface area contributed by atoms with Crippen molar-refractivity contribution in [3.8, 4) is 5.69 Å². The van der Waals surface area contributed by atoms with Gasteiger partial charge in [0.05, 0.1) is 17.6 Å². The number of benzene rings is 2. The molecule has 0 aliphatic heterocycles. The molecule has 1 N–H and O–H groups in total. The summed E-state index contributed by atoms with van der Waals surface area (Å²) in [6.45, 7) is 2.66. The molecular formula is C20H20BrN3OS. The van der Waals surface area contributed by atoms with Crippen LogP contribution in [0.1, 0.15) is 11.1 Å². The normalized spacial score (nSPS) is 10.7. The largest absolute Gasteiger partial charge is 0.355 e. The molecule has 3 aromatic rings. The molecule has 0 bridgehead atoms. The zero-order valence-electron chi connectivity index (χ0n) is 14.5. The second-order valence-corrected chi connectivity index (χ2v) is 7.86. The number of amides is 1. The van der Waals surface area contributed by atoms with E-state index in [0.29, 0.717) is 12.3 Å². The van der Waals surface area contributed by atoms with Gasteiger partial charge < -0.3 is 5.32 Å². The van der Waals surface area contributed by atoms with Gasteiger partial charge in [-0.3, -0.25) is 4.79 Å². The summed E-state index contributed by atoms with van der Waals surface area (Å²) in [7, 11) is 0. The maximum absolute atomic E-state index is 12.0. The van der Waals surface area contributed by atoms with Gasteiger partial charge in [-0.05, 0) is 54.8 Å². The Morgan fingerprint density at radius 1 is 1.23 bits per heavy atom. The van der Waals surface area contributed by atoms with E-state index in [1.165, 1.54) is 5.56 Å². The maximum atomic E-state index is 12.0. The lowest BCUT2D eigenvalue weighted by Crippen LogP contribution is -2.27. The molecule has 4 nitrogen and oxygen atoms in total. The molecule has 1 amide bonds. The number of thioether (sulfide) groups is 1. The topological polar surface area (TPSA) is 46.9 Å². The SMILES string of the molecule is Cc1cc(Br)ccc1SCC(=O)NCCc1cnn(-c2ccccc2)c1. The Balaban J connectivity index is 1.43. The van der Waals surface area contributed by atoms with Crippen LogP contribution in [0.3, 0.4) is 0 Å². The average Bonchev–Trinajstić information content (AvgIpc) is 3.11. The molecular weight excluding hydrogens is 410 g/mol. The Hall–Kier alpha value is -2.05. The molecule has 0 spiro atoms. The van der Waals surface area contributed by atoms with Crippen molar-refractivity contribution in [1.82, 2.24) is 15.1 Å². The summed E-state index contributed by atoms with van der Waals surface area (Å²) >= 11 is 5.02. The van der Waals surface area contributed by atoms with E-state index in [2.05, 4.69) is 39.3 Å².